The van der Waals surface area contributed by atoms with E-state index in [1.165, 1.54) is 5.00 Å². The molecule has 0 amide bonds. The highest BCUT2D eigenvalue weighted by Gasteiger charge is 2.21. The first kappa shape index (κ1) is 22.5. The van der Waals surface area contributed by atoms with E-state index in [0.717, 1.165) is 51.5 Å². The second-order valence-electron chi connectivity index (χ2n) is 6.38. The van der Waals surface area contributed by atoms with Crippen LogP contribution in [0.5, 0.6) is 0 Å². The Kier molecular flexibility index (Phi) is 10.8. The topological polar surface area (TPSA) is 42.9 Å². The standard InChI is InChI=1S/C18H33N5S.HI/c1-5-22(6-2)15(3)14-20-18(19-4)21-16-9-11-23(12-10-16)17-8-7-13-24-17;/h7-8,13,15-16H,5-6,9-12,14H2,1-4H3,(H2,19,20,21);1H. The molecule has 1 aliphatic rings. The molecule has 1 aliphatic heterocycles. The molecule has 2 heterocycles. The fourth-order valence-corrected chi connectivity index (χ4v) is 4.09. The molecule has 25 heavy (non-hydrogen) atoms. The summed E-state index contributed by atoms with van der Waals surface area (Å²) < 4.78 is 0. The molecule has 0 spiro atoms. The summed E-state index contributed by atoms with van der Waals surface area (Å²) in [5, 5.41) is 10.6. The number of nitrogens with zero attached hydrogens (tertiary/aromatic N) is 3. The molecule has 2 rings (SSSR count). The lowest BCUT2D eigenvalue weighted by molar-refractivity contribution is 0.231. The average Bonchev–Trinajstić information content (AvgIpc) is 3.14. The monoisotopic (exact) mass is 479 g/mol. The number of hydrogen-bond donors (Lipinski definition) is 2. The van der Waals surface area contributed by atoms with E-state index in [2.05, 4.69) is 63.7 Å². The van der Waals surface area contributed by atoms with E-state index in [-0.39, 0.29) is 24.0 Å². The molecule has 1 aromatic heterocycles. The fourth-order valence-electron chi connectivity index (χ4n) is 3.30. The van der Waals surface area contributed by atoms with Gasteiger partial charge in [0, 0.05) is 38.8 Å². The normalized spacial score (nSPS) is 17.3. The lowest BCUT2D eigenvalue weighted by Crippen LogP contribution is -2.51. The molecule has 0 aromatic carbocycles. The Morgan fingerprint density at radius 1 is 1.36 bits per heavy atom. The number of likely N-dealkylation sites (N-methyl/N-ethyl adjacent to an activating group) is 1. The van der Waals surface area contributed by atoms with Crippen LogP contribution in [0.1, 0.15) is 33.6 Å². The molecule has 1 fully saturated rings. The average molecular weight is 479 g/mol. The van der Waals surface area contributed by atoms with Crippen molar-refractivity contribution in [3.8, 4) is 0 Å². The number of aliphatic imine (C=N–C) groups is 1. The van der Waals surface area contributed by atoms with E-state index in [1.807, 2.05) is 18.4 Å². The van der Waals surface area contributed by atoms with E-state index >= 15 is 0 Å². The molecule has 1 unspecified atom stereocenters. The number of rotatable bonds is 7. The van der Waals surface area contributed by atoms with Gasteiger partial charge in [0.1, 0.15) is 0 Å². The summed E-state index contributed by atoms with van der Waals surface area (Å²) in [6.45, 7) is 12.0. The van der Waals surface area contributed by atoms with Crippen molar-refractivity contribution in [2.24, 2.45) is 4.99 Å². The van der Waals surface area contributed by atoms with Gasteiger partial charge in [0.05, 0.1) is 5.00 Å². The van der Waals surface area contributed by atoms with Crippen LogP contribution in [0.4, 0.5) is 5.00 Å². The maximum absolute atomic E-state index is 4.40. The van der Waals surface area contributed by atoms with Crippen molar-refractivity contribution in [1.82, 2.24) is 15.5 Å². The summed E-state index contributed by atoms with van der Waals surface area (Å²) >= 11 is 1.83. The molecular formula is C18H34IN5S. The number of guanidine groups is 1. The zero-order valence-corrected chi connectivity index (χ0v) is 19.1. The Morgan fingerprint density at radius 2 is 2.04 bits per heavy atom. The van der Waals surface area contributed by atoms with Gasteiger partial charge in [0.2, 0.25) is 0 Å². The molecule has 144 valence electrons. The van der Waals surface area contributed by atoms with Crippen molar-refractivity contribution >= 4 is 46.3 Å². The molecule has 7 heteroatoms. The Bertz CT molecular complexity index is 482. The van der Waals surface area contributed by atoms with Gasteiger partial charge in [-0.05, 0) is 50.4 Å². The minimum Gasteiger partial charge on any atom is -0.363 e. The molecule has 5 nitrogen and oxygen atoms in total. The zero-order chi connectivity index (χ0) is 17.4. The number of halogens is 1. The van der Waals surface area contributed by atoms with Crippen LogP contribution >= 0.6 is 35.3 Å². The lowest BCUT2D eigenvalue weighted by Gasteiger charge is -2.34. The van der Waals surface area contributed by atoms with Crippen LogP contribution in [0, 0.1) is 0 Å². The van der Waals surface area contributed by atoms with Crippen LogP contribution in [0.25, 0.3) is 0 Å². The highest BCUT2D eigenvalue weighted by molar-refractivity contribution is 14.0. The molecule has 1 saturated heterocycles. The smallest absolute Gasteiger partial charge is 0.191 e. The van der Waals surface area contributed by atoms with Crippen molar-refractivity contribution < 1.29 is 0 Å². The maximum Gasteiger partial charge on any atom is 0.191 e. The third kappa shape index (κ3) is 6.94. The van der Waals surface area contributed by atoms with Crippen LogP contribution < -0.4 is 15.5 Å². The third-order valence-corrected chi connectivity index (χ3v) is 5.81. The van der Waals surface area contributed by atoms with Crippen molar-refractivity contribution in [2.75, 3.05) is 44.7 Å². The van der Waals surface area contributed by atoms with Crippen LogP contribution in [0.2, 0.25) is 0 Å². The molecular weight excluding hydrogens is 445 g/mol. The summed E-state index contributed by atoms with van der Waals surface area (Å²) in [5.41, 5.74) is 0. The maximum atomic E-state index is 4.40. The zero-order valence-electron chi connectivity index (χ0n) is 16.0. The molecule has 1 atom stereocenters. The minimum atomic E-state index is 0. The molecule has 0 bridgehead atoms. The predicted octanol–water partition coefficient (Wildman–Crippen LogP) is 3.23. The summed E-state index contributed by atoms with van der Waals surface area (Å²) in [5.74, 6) is 0.934. The van der Waals surface area contributed by atoms with Gasteiger partial charge in [0.15, 0.2) is 5.96 Å². The number of anilines is 1. The van der Waals surface area contributed by atoms with Gasteiger partial charge in [-0.3, -0.25) is 9.89 Å². The first-order valence-corrected chi connectivity index (χ1v) is 10.1. The second-order valence-corrected chi connectivity index (χ2v) is 7.31. The highest BCUT2D eigenvalue weighted by atomic mass is 127. The van der Waals surface area contributed by atoms with Crippen molar-refractivity contribution in [2.45, 2.75) is 45.7 Å². The number of nitrogens with one attached hydrogen (secondary N) is 2. The molecule has 0 aliphatic carbocycles. The van der Waals surface area contributed by atoms with Gasteiger partial charge < -0.3 is 15.5 Å². The Morgan fingerprint density at radius 3 is 2.56 bits per heavy atom. The molecule has 2 N–H and O–H groups in total. The highest BCUT2D eigenvalue weighted by Crippen LogP contribution is 2.24. The summed E-state index contributed by atoms with van der Waals surface area (Å²) in [4.78, 5) is 9.34. The first-order chi connectivity index (χ1) is 11.7. The van der Waals surface area contributed by atoms with E-state index in [4.69, 9.17) is 0 Å². The second kappa shape index (κ2) is 12.0. The number of thiophene rings is 1. The van der Waals surface area contributed by atoms with Gasteiger partial charge in [-0.1, -0.05) is 13.8 Å². The van der Waals surface area contributed by atoms with E-state index < -0.39 is 0 Å². The van der Waals surface area contributed by atoms with Crippen LogP contribution in [0.3, 0.4) is 0 Å². The molecule has 0 radical (unpaired) electrons. The lowest BCUT2D eigenvalue weighted by atomic mass is 10.1. The first-order valence-electron chi connectivity index (χ1n) is 9.17. The number of hydrogen-bond acceptors (Lipinski definition) is 4. The van der Waals surface area contributed by atoms with Gasteiger partial charge in [-0.25, -0.2) is 0 Å². The predicted molar refractivity (Wildman–Crippen MR) is 122 cm³/mol. The molecule has 1 aromatic rings. The van der Waals surface area contributed by atoms with Gasteiger partial charge in [0.25, 0.3) is 0 Å². The van der Waals surface area contributed by atoms with Gasteiger partial charge >= 0.3 is 0 Å². The summed E-state index contributed by atoms with van der Waals surface area (Å²) in [7, 11) is 1.86. The van der Waals surface area contributed by atoms with Crippen molar-refractivity contribution in [3.63, 3.8) is 0 Å². The van der Waals surface area contributed by atoms with Crippen molar-refractivity contribution in [1.29, 1.82) is 0 Å². The van der Waals surface area contributed by atoms with Crippen molar-refractivity contribution in [3.05, 3.63) is 17.5 Å². The Balaban J connectivity index is 0.00000312. The Hall–Kier alpha value is -0.540. The molecule has 0 saturated carbocycles. The quantitative estimate of drug-likeness (QED) is 0.358. The fraction of sp³-hybridized carbons (Fsp3) is 0.722. The van der Waals surface area contributed by atoms with Gasteiger partial charge in [-0.15, -0.1) is 35.3 Å². The van der Waals surface area contributed by atoms with Gasteiger partial charge in [-0.2, -0.15) is 0 Å². The minimum absolute atomic E-state index is 0. The van der Waals surface area contributed by atoms with E-state index in [9.17, 15) is 0 Å². The van der Waals surface area contributed by atoms with Crippen LogP contribution in [0.15, 0.2) is 22.5 Å². The van der Waals surface area contributed by atoms with Crippen LogP contribution in [-0.2, 0) is 0 Å². The van der Waals surface area contributed by atoms with Crippen LogP contribution in [-0.4, -0.2) is 62.7 Å². The summed E-state index contributed by atoms with van der Waals surface area (Å²) in [6.07, 6.45) is 2.31. The Labute approximate surface area is 174 Å². The summed E-state index contributed by atoms with van der Waals surface area (Å²) in [6, 6.07) is 5.37. The van der Waals surface area contributed by atoms with E-state index in [1.54, 1.807) is 0 Å². The SMILES string of the molecule is CCN(CC)C(C)CNC(=NC)NC1CCN(c2cccs2)CC1.I. The van der Waals surface area contributed by atoms with E-state index in [0.29, 0.717) is 12.1 Å². The third-order valence-electron chi connectivity index (χ3n) is 4.88. The largest absolute Gasteiger partial charge is 0.363 e. The number of piperidine rings is 1.